The fourth-order valence-corrected chi connectivity index (χ4v) is 1.35. The first kappa shape index (κ1) is 12.7. The van der Waals surface area contributed by atoms with Crippen molar-refractivity contribution in [2.75, 3.05) is 0 Å². The summed E-state index contributed by atoms with van der Waals surface area (Å²) in [4.78, 5) is 11.7. The number of carbonyl (C=O) groups is 1. The summed E-state index contributed by atoms with van der Waals surface area (Å²) in [5.41, 5.74) is -1.81. The molecule has 0 fully saturated rings. The van der Waals surface area contributed by atoms with Crippen molar-refractivity contribution in [3.63, 3.8) is 0 Å². The number of rotatable bonds is 2. The van der Waals surface area contributed by atoms with Gasteiger partial charge in [-0.05, 0) is 26.8 Å². The van der Waals surface area contributed by atoms with Crippen LogP contribution in [-0.2, 0) is 9.53 Å². The third kappa shape index (κ3) is 3.07. The van der Waals surface area contributed by atoms with E-state index in [0.717, 1.165) is 0 Å². The molecule has 0 aromatic heterocycles. The highest BCUT2D eigenvalue weighted by Crippen LogP contribution is 2.27. The molecule has 1 aliphatic carbocycles. The fraction of sp³-hybridized carbons (Fsp3) is 0.462. The van der Waals surface area contributed by atoms with E-state index in [-0.39, 0.29) is 5.57 Å². The van der Waals surface area contributed by atoms with E-state index >= 15 is 0 Å². The predicted molar refractivity (Wildman–Crippen MR) is 62.8 cm³/mol. The van der Waals surface area contributed by atoms with Crippen LogP contribution in [0.2, 0.25) is 0 Å². The van der Waals surface area contributed by atoms with Gasteiger partial charge < -0.3 is 9.84 Å². The van der Waals surface area contributed by atoms with Crippen LogP contribution in [0, 0.1) is 0 Å². The molecule has 0 spiro atoms. The molecule has 1 atom stereocenters. The molecule has 0 saturated heterocycles. The summed E-state index contributed by atoms with van der Waals surface area (Å²) in [7, 11) is 0. The average Bonchev–Trinajstić information content (AvgIpc) is 2.15. The lowest BCUT2D eigenvalue weighted by molar-refractivity contribution is -0.151. The van der Waals surface area contributed by atoms with Crippen LogP contribution in [-0.4, -0.2) is 22.3 Å². The molecule has 1 rings (SSSR count). The Bertz CT molecular complexity index is 358. The van der Waals surface area contributed by atoms with Gasteiger partial charge in [-0.15, -0.1) is 0 Å². The number of ether oxygens (including phenoxy) is 1. The van der Waals surface area contributed by atoms with Crippen LogP contribution in [0.15, 0.2) is 36.5 Å². The quantitative estimate of drug-likeness (QED) is 0.575. The second-order valence-electron chi connectivity index (χ2n) is 4.90. The summed E-state index contributed by atoms with van der Waals surface area (Å²) >= 11 is 0. The minimum Gasteiger partial charge on any atom is -0.457 e. The van der Waals surface area contributed by atoms with E-state index in [9.17, 15) is 9.90 Å². The SMILES string of the molecule is C=C(C(=O)OC(C)(C)C)C1(O)C=CC=CC1. The van der Waals surface area contributed by atoms with Gasteiger partial charge in [-0.3, -0.25) is 0 Å². The van der Waals surface area contributed by atoms with Gasteiger partial charge in [-0.25, -0.2) is 4.79 Å². The number of allylic oxidation sites excluding steroid dienone is 2. The molecule has 1 aliphatic rings. The van der Waals surface area contributed by atoms with Crippen LogP contribution < -0.4 is 0 Å². The predicted octanol–water partition coefficient (Wildman–Crippen LogP) is 2.13. The Hall–Kier alpha value is -1.35. The summed E-state index contributed by atoms with van der Waals surface area (Å²) < 4.78 is 5.16. The number of hydrogen-bond acceptors (Lipinski definition) is 3. The molecule has 0 amide bonds. The van der Waals surface area contributed by atoms with Crippen LogP contribution in [0.1, 0.15) is 27.2 Å². The Morgan fingerprint density at radius 1 is 1.44 bits per heavy atom. The molecule has 0 aromatic carbocycles. The highest BCUT2D eigenvalue weighted by Gasteiger charge is 2.34. The zero-order chi connectivity index (χ0) is 12.4. The standard InChI is InChI=1S/C13H18O3/c1-10(11(14)16-12(2,3)4)13(15)8-6-5-7-9-13/h5-8,15H,1,9H2,2-4H3. The lowest BCUT2D eigenvalue weighted by Crippen LogP contribution is -2.36. The molecule has 0 bridgehead atoms. The van der Waals surface area contributed by atoms with Gasteiger partial charge in [-0.1, -0.05) is 24.8 Å². The molecule has 1 N–H and O–H groups in total. The summed E-state index contributed by atoms with van der Waals surface area (Å²) in [6.07, 6.45) is 7.20. The van der Waals surface area contributed by atoms with E-state index in [4.69, 9.17) is 4.74 Å². The molecular weight excluding hydrogens is 204 g/mol. The molecule has 0 saturated carbocycles. The van der Waals surface area contributed by atoms with E-state index in [2.05, 4.69) is 6.58 Å². The Labute approximate surface area is 96.1 Å². The van der Waals surface area contributed by atoms with Gasteiger partial charge in [-0.2, -0.15) is 0 Å². The Morgan fingerprint density at radius 3 is 2.50 bits per heavy atom. The minimum atomic E-state index is -1.31. The van der Waals surface area contributed by atoms with E-state index in [1.54, 1.807) is 39.0 Å². The summed E-state index contributed by atoms with van der Waals surface area (Å²) in [6, 6.07) is 0. The first-order valence-electron chi connectivity index (χ1n) is 5.24. The van der Waals surface area contributed by atoms with Crippen molar-refractivity contribution in [3.05, 3.63) is 36.5 Å². The van der Waals surface area contributed by atoms with Gasteiger partial charge in [0.05, 0.1) is 5.57 Å². The maximum Gasteiger partial charge on any atom is 0.337 e. The monoisotopic (exact) mass is 222 g/mol. The van der Waals surface area contributed by atoms with E-state index in [1.165, 1.54) is 0 Å². The van der Waals surface area contributed by atoms with Crippen molar-refractivity contribution in [2.24, 2.45) is 0 Å². The minimum absolute atomic E-state index is 0.0722. The molecule has 3 heteroatoms. The van der Waals surface area contributed by atoms with Gasteiger partial charge in [0.25, 0.3) is 0 Å². The van der Waals surface area contributed by atoms with Gasteiger partial charge in [0.1, 0.15) is 11.2 Å². The van der Waals surface area contributed by atoms with Gasteiger partial charge >= 0.3 is 5.97 Å². The number of carbonyl (C=O) groups excluding carboxylic acids is 1. The van der Waals surface area contributed by atoms with Crippen molar-refractivity contribution in [1.82, 2.24) is 0 Å². The molecule has 0 aliphatic heterocycles. The van der Waals surface area contributed by atoms with Crippen molar-refractivity contribution < 1.29 is 14.6 Å². The molecule has 1 unspecified atom stereocenters. The van der Waals surface area contributed by atoms with Crippen LogP contribution in [0.4, 0.5) is 0 Å². The molecule has 0 aromatic rings. The molecule has 88 valence electrons. The van der Waals surface area contributed by atoms with Crippen molar-refractivity contribution in [2.45, 2.75) is 38.4 Å². The van der Waals surface area contributed by atoms with E-state index in [0.29, 0.717) is 6.42 Å². The number of hydrogen-bond donors (Lipinski definition) is 1. The Balaban J connectivity index is 2.75. The van der Waals surface area contributed by atoms with Crippen LogP contribution >= 0.6 is 0 Å². The van der Waals surface area contributed by atoms with Crippen LogP contribution in [0.5, 0.6) is 0 Å². The first-order valence-corrected chi connectivity index (χ1v) is 5.24. The number of esters is 1. The van der Waals surface area contributed by atoms with E-state index < -0.39 is 17.2 Å². The van der Waals surface area contributed by atoms with Crippen molar-refractivity contribution >= 4 is 5.97 Å². The Kier molecular flexibility index (Phi) is 3.38. The summed E-state index contributed by atoms with van der Waals surface area (Å²) in [5, 5.41) is 10.2. The van der Waals surface area contributed by atoms with Crippen LogP contribution in [0.3, 0.4) is 0 Å². The third-order valence-corrected chi connectivity index (χ3v) is 2.22. The normalized spacial score (nSPS) is 24.2. The van der Waals surface area contributed by atoms with Crippen molar-refractivity contribution in [1.29, 1.82) is 0 Å². The average molecular weight is 222 g/mol. The summed E-state index contributed by atoms with van der Waals surface area (Å²) in [5.74, 6) is -0.560. The van der Waals surface area contributed by atoms with Gasteiger partial charge in [0.15, 0.2) is 0 Å². The highest BCUT2D eigenvalue weighted by molar-refractivity contribution is 5.91. The zero-order valence-electron chi connectivity index (χ0n) is 9.99. The Morgan fingerprint density at radius 2 is 2.06 bits per heavy atom. The number of aliphatic hydroxyl groups is 1. The molecule has 0 heterocycles. The summed E-state index contributed by atoms with van der Waals surface area (Å²) in [6.45, 7) is 8.95. The lowest BCUT2D eigenvalue weighted by atomic mass is 9.88. The smallest absolute Gasteiger partial charge is 0.337 e. The molecule has 0 radical (unpaired) electrons. The maximum absolute atomic E-state index is 11.7. The first-order chi connectivity index (χ1) is 7.25. The van der Waals surface area contributed by atoms with E-state index in [1.807, 2.05) is 6.08 Å². The second-order valence-corrected chi connectivity index (χ2v) is 4.90. The van der Waals surface area contributed by atoms with Gasteiger partial charge in [0, 0.05) is 6.42 Å². The van der Waals surface area contributed by atoms with Crippen molar-refractivity contribution in [3.8, 4) is 0 Å². The fourth-order valence-electron chi connectivity index (χ4n) is 1.35. The zero-order valence-corrected chi connectivity index (χ0v) is 9.99. The topological polar surface area (TPSA) is 46.5 Å². The molecule has 3 nitrogen and oxygen atoms in total. The van der Waals surface area contributed by atoms with Crippen LogP contribution in [0.25, 0.3) is 0 Å². The maximum atomic E-state index is 11.7. The van der Waals surface area contributed by atoms with Gasteiger partial charge in [0.2, 0.25) is 0 Å². The lowest BCUT2D eigenvalue weighted by Gasteiger charge is -2.28. The second kappa shape index (κ2) is 4.26. The molecule has 16 heavy (non-hydrogen) atoms. The molecular formula is C13H18O3. The largest absolute Gasteiger partial charge is 0.457 e. The highest BCUT2D eigenvalue weighted by atomic mass is 16.6. The third-order valence-electron chi connectivity index (χ3n) is 2.22.